The third-order valence-electron chi connectivity index (χ3n) is 7.05. The first kappa shape index (κ1) is 39.6. The molecule has 2 aliphatic rings. The average Bonchev–Trinajstić information content (AvgIpc) is 2.98. The fourth-order valence-electron chi connectivity index (χ4n) is 5.03. The Hall–Kier alpha value is -2.54. The Labute approximate surface area is 282 Å². The molecule has 4 amide bonds. The molecule has 0 radical (unpaired) electrons. The van der Waals surface area contributed by atoms with Crippen LogP contribution >= 0.6 is 0 Å². The zero-order valence-electron chi connectivity index (χ0n) is 28.2. The quantitative estimate of drug-likeness (QED) is 0.137. The van der Waals surface area contributed by atoms with Crippen molar-refractivity contribution in [3.63, 3.8) is 0 Å². The van der Waals surface area contributed by atoms with Gasteiger partial charge >= 0.3 is 284 Å². The van der Waals surface area contributed by atoms with E-state index in [9.17, 15) is 28.8 Å². The number of nitrogens with one attached hydrogen (secondary N) is 2. The van der Waals surface area contributed by atoms with Crippen LogP contribution in [0, 0.1) is 0 Å². The molecule has 16 heteroatoms. The third-order valence-corrected chi connectivity index (χ3v) is 14.2. The first-order chi connectivity index (χ1) is 21.5. The van der Waals surface area contributed by atoms with E-state index in [4.69, 9.17) is 18.9 Å². The van der Waals surface area contributed by atoms with Crippen molar-refractivity contribution in [3.05, 3.63) is 0 Å². The molecule has 0 spiro atoms. The fourth-order valence-corrected chi connectivity index (χ4v) is 12.0. The van der Waals surface area contributed by atoms with Crippen LogP contribution in [0.15, 0.2) is 0 Å². The zero-order chi connectivity index (χ0) is 34.7. The molecule has 0 aromatic rings. The molecule has 2 rings (SSSR count). The van der Waals surface area contributed by atoms with Gasteiger partial charge in [0, 0.05) is 0 Å². The van der Waals surface area contributed by atoms with Gasteiger partial charge in [0.1, 0.15) is 0 Å². The normalized spacial score (nSPS) is 20.1. The number of hydrogen-bond donors (Lipinski definition) is 2. The monoisotopic (exact) mass is 786 g/mol. The Morgan fingerprint density at radius 3 is 1.30 bits per heavy atom. The minimum absolute atomic E-state index is 0.239. The van der Waals surface area contributed by atoms with Gasteiger partial charge in [-0.05, 0) is 0 Å². The SMILES string of the molecule is COC(=O)[C@@H]1CCCCN1C(=O)[C@H](C[Se][Se]C[C@H](NC(=O)OC(C)(C)C)C(=O)N1CCCC[C@H]1C(=O)OC)NC(=O)OC(C)(C)C. The van der Waals surface area contributed by atoms with Crippen molar-refractivity contribution in [3.8, 4) is 0 Å². The molecular weight excluding hydrogens is 734 g/mol. The second-order valence-electron chi connectivity index (χ2n) is 13.1. The summed E-state index contributed by atoms with van der Waals surface area (Å²) < 4.78 is 20.7. The summed E-state index contributed by atoms with van der Waals surface area (Å²) in [4.78, 5) is 80.9. The molecular formula is C30H50N4O10Se2. The van der Waals surface area contributed by atoms with Crippen LogP contribution in [0.2, 0.25) is 10.6 Å². The topological polar surface area (TPSA) is 170 Å². The summed E-state index contributed by atoms with van der Waals surface area (Å²) >= 11 is -0.479. The van der Waals surface area contributed by atoms with Crippen LogP contribution in [-0.4, -0.2) is 135 Å². The van der Waals surface area contributed by atoms with E-state index in [-0.39, 0.29) is 36.9 Å². The number of alkyl carbamates (subject to hydrolysis) is 2. The van der Waals surface area contributed by atoms with Crippen LogP contribution in [-0.2, 0) is 38.1 Å². The minimum atomic E-state index is -0.958. The van der Waals surface area contributed by atoms with E-state index < -0.39 is 71.3 Å². The third kappa shape index (κ3) is 12.9. The van der Waals surface area contributed by atoms with Gasteiger partial charge in [-0.1, -0.05) is 0 Å². The number of ether oxygens (including phenoxy) is 4. The Morgan fingerprint density at radius 2 is 1.00 bits per heavy atom. The van der Waals surface area contributed by atoms with Crippen molar-refractivity contribution in [2.24, 2.45) is 0 Å². The van der Waals surface area contributed by atoms with Gasteiger partial charge in [-0.2, -0.15) is 0 Å². The van der Waals surface area contributed by atoms with Crippen LogP contribution in [0.25, 0.3) is 0 Å². The predicted octanol–water partition coefficient (Wildman–Crippen LogP) is 2.04. The first-order valence-corrected chi connectivity index (χ1v) is 22.2. The van der Waals surface area contributed by atoms with Crippen LogP contribution in [0.3, 0.4) is 0 Å². The number of amides is 4. The maximum atomic E-state index is 13.8. The summed E-state index contributed by atoms with van der Waals surface area (Å²) in [6.07, 6.45) is 2.42. The molecule has 0 unspecified atom stereocenters. The molecule has 0 aromatic carbocycles. The van der Waals surface area contributed by atoms with Crippen LogP contribution < -0.4 is 10.6 Å². The molecule has 4 atom stereocenters. The Kier molecular flexibility index (Phi) is 15.6. The van der Waals surface area contributed by atoms with E-state index in [0.29, 0.717) is 25.9 Å². The van der Waals surface area contributed by atoms with E-state index in [1.165, 1.54) is 24.0 Å². The number of likely N-dealkylation sites (tertiary alicyclic amines) is 2. The van der Waals surface area contributed by atoms with Gasteiger partial charge in [-0.15, -0.1) is 0 Å². The second-order valence-corrected chi connectivity index (χ2v) is 20.6. The van der Waals surface area contributed by atoms with Gasteiger partial charge in [0.05, 0.1) is 0 Å². The maximum absolute atomic E-state index is 13.8. The summed E-state index contributed by atoms with van der Waals surface area (Å²) in [5, 5.41) is 5.95. The number of carbonyl (C=O) groups is 6. The van der Waals surface area contributed by atoms with Crippen LogP contribution in [0.1, 0.15) is 80.1 Å². The summed E-state index contributed by atoms with van der Waals surface area (Å²) in [6, 6.07) is -3.39. The molecule has 2 N–H and O–H groups in total. The number of hydrogen-bond acceptors (Lipinski definition) is 10. The molecule has 2 aliphatic heterocycles. The van der Waals surface area contributed by atoms with Crippen LogP contribution in [0.4, 0.5) is 9.59 Å². The van der Waals surface area contributed by atoms with Crippen molar-refractivity contribution in [1.82, 2.24) is 20.4 Å². The summed E-state index contributed by atoms with van der Waals surface area (Å²) in [7, 11) is 2.56. The van der Waals surface area contributed by atoms with E-state index in [2.05, 4.69) is 10.6 Å². The number of methoxy groups -OCH3 is 2. The standard InChI is InChI=1S/C30H50N4O10Se2/c1-29(2,3)43-27(39)31-19(23(35)33-15-11-9-13-21(33)25(37)41-7)17-45-46-18-20(32-28(40)44-30(4,5)6)24(36)34-16-12-10-14-22(34)26(38)42-8/h19-22H,9-18H2,1-8H3,(H,31,39)(H,32,40)/t19-,20-,21-,22-/m0/s1. The summed E-state index contributed by atoms with van der Waals surface area (Å²) in [5.74, 6) is -1.80. The van der Waals surface area contributed by atoms with Crippen molar-refractivity contribution in [2.75, 3.05) is 27.3 Å². The van der Waals surface area contributed by atoms with Crippen molar-refractivity contribution in [1.29, 1.82) is 0 Å². The summed E-state index contributed by atoms with van der Waals surface area (Å²) in [5.41, 5.74) is -1.58. The van der Waals surface area contributed by atoms with E-state index in [0.717, 1.165) is 25.7 Å². The Balaban J connectivity index is 2.21. The Morgan fingerprint density at radius 1 is 0.652 bits per heavy atom. The van der Waals surface area contributed by atoms with Gasteiger partial charge in [0.2, 0.25) is 0 Å². The molecule has 14 nitrogen and oxygen atoms in total. The van der Waals surface area contributed by atoms with Crippen LogP contribution in [0.5, 0.6) is 0 Å². The molecule has 0 aliphatic carbocycles. The number of piperidine rings is 2. The van der Waals surface area contributed by atoms with E-state index in [1.807, 2.05) is 0 Å². The average molecular weight is 785 g/mol. The number of nitrogens with zero attached hydrogens (tertiary/aromatic N) is 2. The first-order valence-electron chi connectivity index (χ1n) is 15.5. The molecule has 2 saturated heterocycles. The van der Waals surface area contributed by atoms with Gasteiger partial charge in [-0.25, -0.2) is 0 Å². The predicted molar refractivity (Wildman–Crippen MR) is 170 cm³/mol. The van der Waals surface area contributed by atoms with Gasteiger partial charge in [-0.3, -0.25) is 0 Å². The molecule has 2 heterocycles. The number of esters is 2. The van der Waals surface area contributed by atoms with Gasteiger partial charge in [0.25, 0.3) is 0 Å². The van der Waals surface area contributed by atoms with Crippen molar-refractivity contribution in [2.45, 2.75) is 126 Å². The van der Waals surface area contributed by atoms with E-state index >= 15 is 0 Å². The molecule has 262 valence electrons. The van der Waals surface area contributed by atoms with Crippen molar-refractivity contribution >= 4 is 62.2 Å². The van der Waals surface area contributed by atoms with Gasteiger partial charge in [0.15, 0.2) is 0 Å². The van der Waals surface area contributed by atoms with Gasteiger partial charge < -0.3 is 0 Å². The fraction of sp³-hybridized carbons (Fsp3) is 0.800. The Bertz CT molecular complexity index is 1010. The van der Waals surface area contributed by atoms with E-state index in [1.54, 1.807) is 41.5 Å². The number of carbonyl (C=O) groups excluding carboxylic acids is 6. The molecule has 0 saturated carbocycles. The second kappa shape index (κ2) is 18.1. The summed E-state index contributed by atoms with van der Waals surface area (Å²) in [6.45, 7) is 11.0. The number of rotatable bonds is 11. The molecule has 0 bridgehead atoms. The zero-order valence-corrected chi connectivity index (χ0v) is 31.6. The molecule has 46 heavy (non-hydrogen) atoms. The molecule has 0 aromatic heterocycles. The molecule has 2 fully saturated rings. The van der Waals surface area contributed by atoms with Crippen molar-refractivity contribution < 1.29 is 47.7 Å².